The van der Waals surface area contributed by atoms with Crippen molar-refractivity contribution in [2.75, 3.05) is 17.7 Å². The number of nitrogens with zero attached hydrogens (tertiary/aromatic N) is 3. The number of esters is 1. The van der Waals surface area contributed by atoms with E-state index >= 15 is 0 Å². The van der Waals surface area contributed by atoms with Crippen LogP contribution in [0, 0.1) is 13.8 Å². The SMILES string of the molecule is COC(=O)c1ccc(C2C(C(=O)Nc3cccc(C)c3C)=C(C)Nc3ncnn32)cc1. The number of aryl methyl sites for hydroxylation is 1. The summed E-state index contributed by atoms with van der Waals surface area (Å²) in [7, 11) is 1.34. The Balaban J connectivity index is 1.75. The molecule has 0 fully saturated rings. The third kappa shape index (κ3) is 3.68. The number of carbonyl (C=O) groups excluding carboxylic acids is 2. The van der Waals surface area contributed by atoms with Gasteiger partial charge in [-0.25, -0.2) is 9.48 Å². The lowest BCUT2D eigenvalue weighted by Crippen LogP contribution is -2.31. The van der Waals surface area contributed by atoms with Crippen LogP contribution in [0.1, 0.15) is 40.0 Å². The Morgan fingerprint density at radius 1 is 1.10 bits per heavy atom. The molecule has 1 unspecified atom stereocenters. The van der Waals surface area contributed by atoms with Gasteiger partial charge in [0, 0.05) is 11.4 Å². The van der Waals surface area contributed by atoms with E-state index in [9.17, 15) is 9.59 Å². The van der Waals surface area contributed by atoms with Crippen molar-refractivity contribution >= 4 is 23.5 Å². The predicted molar refractivity (Wildman–Crippen MR) is 117 cm³/mol. The first-order valence-electron chi connectivity index (χ1n) is 9.84. The molecule has 1 amide bonds. The molecule has 3 aromatic rings. The van der Waals surface area contributed by atoms with Crippen molar-refractivity contribution in [1.82, 2.24) is 14.8 Å². The second-order valence-electron chi connectivity index (χ2n) is 7.41. The van der Waals surface area contributed by atoms with E-state index in [1.807, 2.05) is 39.0 Å². The van der Waals surface area contributed by atoms with Crippen molar-refractivity contribution in [3.63, 3.8) is 0 Å². The summed E-state index contributed by atoms with van der Waals surface area (Å²) in [6, 6.07) is 12.2. The summed E-state index contributed by atoms with van der Waals surface area (Å²) in [5.74, 6) is -0.109. The van der Waals surface area contributed by atoms with E-state index in [0.717, 1.165) is 22.4 Å². The first kappa shape index (κ1) is 20.3. The molecule has 31 heavy (non-hydrogen) atoms. The fourth-order valence-corrected chi connectivity index (χ4v) is 3.69. The minimum Gasteiger partial charge on any atom is -0.465 e. The predicted octanol–water partition coefficient (Wildman–Crippen LogP) is 3.61. The maximum atomic E-state index is 13.4. The summed E-state index contributed by atoms with van der Waals surface area (Å²) in [6.07, 6.45) is 1.44. The maximum absolute atomic E-state index is 13.4. The van der Waals surface area contributed by atoms with Crippen LogP contribution in [0.25, 0.3) is 0 Å². The second-order valence-corrected chi connectivity index (χ2v) is 7.41. The van der Waals surface area contributed by atoms with Gasteiger partial charge in [0.15, 0.2) is 0 Å². The standard InChI is InChI=1S/C23H23N5O3/c1-13-6-5-7-18(14(13)2)27-21(29)19-15(3)26-23-24-12-25-28(23)20(19)16-8-10-17(11-9-16)22(30)31-4/h5-12,20H,1-4H3,(H,27,29)(H,24,25,26). The number of ether oxygens (including phenoxy) is 1. The van der Waals surface area contributed by atoms with Gasteiger partial charge in [0.1, 0.15) is 12.4 Å². The fourth-order valence-electron chi connectivity index (χ4n) is 3.69. The van der Waals surface area contributed by atoms with Crippen LogP contribution in [0.2, 0.25) is 0 Å². The third-order valence-electron chi connectivity index (χ3n) is 5.54. The number of anilines is 2. The van der Waals surface area contributed by atoms with Gasteiger partial charge in [-0.3, -0.25) is 4.79 Å². The molecule has 1 atom stereocenters. The van der Waals surface area contributed by atoms with Crippen LogP contribution in [0.4, 0.5) is 11.6 Å². The summed E-state index contributed by atoms with van der Waals surface area (Å²) in [5, 5.41) is 10.5. The van der Waals surface area contributed by atoms with Crippen molar-refractivity contribution in [3.8, 4) is 0 Å². The Labute approximate surface area is 179 Å². The highest BCUT2D eigenvalue weighted by atomic mass is 16.5. The second kappa shape index (κ2) is 8.06. The van der Waals surface area contributed by atoms with Crippen molar-refractivity contribution in [2.24, 2.45) is 0 Å². The van der Waals surface area contributed by atoms with Gasteiger partial charge in [0.25, 0.3) is 5.91 Å². The van der Waals surface area contributed by atoms with E-state index < -0.39 is 12.0 Å². The van der Waals surface area contributed by atoms with Crippen molar-refractivity contribution < 1.29 is 14.3 Å². The topological polar surface area (TPSA) is 98.1 Å². The lowest BCUT2D eigenvalue weighted by molar-refractivity contribution is -0.113. The molecule has 4 rings (SSSR count). The molecule has 158 valence electrons. The van der Waals surface area contributed by atoms with E-state index in [4.69, 9.17) is 4.74 Å². The first-order valence-corrected chi connectivity index (χ1v) is 9.84. The molecular formula is C23H23N5O3. The molecule has 2 aromatic carbocycles. The number of nitrogens with one attached hydrogen (secondary N) is 2. The largest absolute Gasteiger partial charge is 0.465 e. The van der Waals surface area contributed by atoms with Gasteiger partial charge in [-0.05, 0) is 55.7 Å². The lowest BCUT2D eigenvalue weighted by Gasteiger charge is -2.29. The van der Waals surface area contributed by atoms with Crippen molar-refractivity contribution in [1.29, 1.82) is 0 Å². The monoisotopic (exact) mass is 417 g/mol. The zero-order valence-corrected chi connectivity index (χ0v) is 17.8. The molecule has 0 aliphatic carbocycles. The first-order chi connectivity index (χ1) is 14.9. The Hall–Kier alpha value is -3.94. The molecule has 8 heteroatoms. The molecule has 0 saturated carbocycles. The van der Waals surface area contributed by atoms with Crippen LogP contribution < -0.4 is 10.6 Å². The number of fused-ring (bicyclic) bond motifs is 1. The molecule has 0 spiro atoms. The van der Waals surface area contributed by atoms with Crippen molar-refractivity contribution in [3.05, 3.63) is 82.3 Å². The van der Waals surface area contributed by atoms with Gasteiger partial charge >= 0.3 is 5.97 Å². The van der Waals surface area contributed by atoms with Crippen molar-refractivity contribution in [2.45, 2.75) is 26.8 Å². The van der Waals surface area contributed by atoms with Gasteiger partial charge in [0.05, 0.1) is 18.2 Å². The lowest BCUT2D eigenvalue weighted by atomic mass is 9.94. The van der Waals surface area contributed by atoms with Crippen LogP contribution in [-0.4, -0.2) is 33.8 Å². The van der Waals surface area contributed by atoms with E-state index in [1.54, 1.807) is 28.9 Å². The van der Waals surface area contributed by atoms with Gasteiger partial charge in [-0.15, -0.1) is 0 Å². The zero-order chi connectivity index (χ0) is 22.1. The van der Waals surface area contributed by atoms with Gasteiger partial charge in [0.2, 0.25) is 5.95 Å². The van der Waals surface area contributed by atoms with Gasteiger partial charge < -0.3 is 15.4 Å². The zero-order valence-electron chi connectivity index (χ0n) is 17.8. The van der Waals surface area contributed by atoms with Crippen LogP contribution in [0.15, 0.2) is 60.1 Å². The number of rotatable bonds is 4. The minimum atomic E-state index is -0.504. The molecule has 2 N–H and O–H groups in total. The number of methoxy groups -OCH3 is 1. The summed E-state index contributed by atoms with van der Waals surface area (Å²) in [6.45, 7) is 5.82. The summed E-state index contributed by atoms with van der Waals surface area (Å²) in [5.41, 5.74) is 5.30. The van der Waals surface area contributed by atoms with Crippen LogP contribution >= 0.6 is 0 Å². The number of hydrogen-bond acceptors (Lipinski definition) is 6. The minimum absolute atomic E-state index is 0.234. The number of aromatic nitrogens is 3. The Kier molecular flexibility index (Phi) is 5.29. The number of carbonyl (C=O) groups is 2. The number of benzene rings is 2. The van der Waals surface area contributed by atoms with E-state index in [2.05, 4.69) is 20.7 Å². The van der Waals surface area contributed by atoms with Crippen LogP contribution in [0.3, 0.4) is 0 Å². The highest BCUT2D eigenvalue weighted by molar-refractivity contribution is 6.06. The summed E-state index contributed by atoms with van der Waals surface area (Å²) in [4.78, 5) is 29.5. The summed E-state index contributed by atoms with van der Waals surface area (Å²) < 4.78 is 6.44. The normalized spacial score (nSPS) is 15.2. The molecule has 0 radical (unpaired) electrons. The van der Waals surface area contributed by atoms with Gasteiger partial charge in [-0.1, -0.05) is 24.3 Å². The molecule has 8 nitrogen and oxygen atoms in total. The number of hydrogen-bond donors (Lipinski definition) is 2. The maximum Gasteiger partial charge on any atom is 0.337 e. The van der Waals surface area contributed by atoms with Crippen LogP contribution in [-0.2, 0) is 9.53 Å². The molecule has 1 aromatic heterocycles. The highest BCUT2D eigenvalue weighted by Gasteiger charge is 2.33. The molecule has 0 saturated heterocycles. The smallest absolute Gasteiger partial charge is 0.337 e. The molecule has 1 aliphatic rings. The number of amides is 1. The van der Waals surface area contributed by atoms with E-state index in [1.165, 1.54) is 13.4 Å². The quantitative estimate of drug-likeness (QED) is 0.630. The highest BCUT2D eigenvalue weighted by Crippen LogP contribution is 2.35. The molecule has 1 aliphatic heterocycles. The molecule has 2 heterocycles. The van der Waals surface area contributed by atoms with Crippen LogP contribution in [0.5, 0.6) is 0 Å². The average molecular weight is 417 g/mol. The Bertz CT molecular complexity index is 1190. The average Bonchev–Trinajstić information content (AvgIpc) is 3.23. The van der Waals surface area contributed by atoms with E-state index in [-0.39, 0.29) is 5.91 Å². The fraction of sp³-hybridized carbons (Fsp3) is 0.217. The van der Waals surface area contributed by atoms with Gasteiger partial charge in [-0.2, -0.15) is 10.1 Å². The Morgan fingerprint density at radius 3 is 2.55 bits per heavy atom. The molecule has 0 bridgehead atoms. The Morgan fingerprint density at radius 2 is 1.84 bits per heavy atom. The van der Waals surface area contributed by atoms with E-state index in [0.29, 0.717) is 22.8 Å². The summed E-state index contributed by atoms with van der Waals surface area (Å²) >= 11 is 0. The number of allylic oxidation sites excluding steroid dienone is 1. The third-order valence-corrected chi connectivity index (χ3v) is 5.54. The molecular weight excluding hydrogens is 394 g/mol.